The van der Waals surface area contributed by atoms with Crippen LogP contribution in [0.25, 0.3) is 0 Å². The minimum Gasteiger partial charge on any atom is -0.374 e. The normalized spacial score (nSPS) is 18.4. The molecule has 0 bridgehead atoms. The average molecular weight is 355 g/mol. The summed E-state index contributed by atoms with van der Waals surface area (Å²) in [4.78, 5) is 14.2. The molecule has 7 heteroatoms. The highest BCUT2D eigenvalue weighted by molar-refractivity contribution is 5.73. The van der Waals surface area contributed by atoms with E-state index < -0.39 is 11.6 Å². The molecule has 1 aromatic carbocycles. The summed E-state index contributed by atoms with van der Waals surface area (Å²) in [6, 6.07) is 3.38. The highest BCUT2D eigenvalue weighted by Gasteiger charge is 2.21. The first kappa shape index (κ1) is 19.6. The monoisotopic (exact) mass is 355 g/mol. The Hall–Kier alpha value is -1.73. The molecule has 0 aromatic heterocycles. The van der Waals surface area contributed by atoms with Crippen molar-refractivity contribution >= 4 is 6.03 Å². The maximum atomic E-state index is 13.5. The third-order valence-electron chi connectivity index (χ3n) is 4.06. The van der Waals surface area contributed by atoms with Gasteiger partial charge in [0.05, 0.1) is 12.7 Å². The summed E-state index contributed by atoms with van der Waals surface area (Å²) in [7, 11) is 0. The molecule has 0 spiro atoms. The maximum absolute atomic E-state index is 13.5. The number of amides is 2. The summed E-state index contributed by atoms with van der Waals surface area (Å²) in [5.41, 5.74) is -0.0114. The van der Waals surface area contributed by atoms with E-state index in [9.17, 15) is 13.6 Å². The van der Waals surface area contributed by atoms with Crippen LogP contribution in [0, 0.1) is 17.6 Å². The van der Waals surface area contributed by atoms with Gasteiger partial charge < -0.3 is 15.4 Å². The number of hydrogen-bond donors (Lipinski definition) is 2. The first-order valence-electron chi connectivity index (χ1n) is 8.74. The predicted molar refractivity (Wildman–Crippen MR) is 92.5 cm³/mol. The third-order valence-corrected chi connectivity index (χ3v) is 4.06. The second-order valence-corrected chi connectivity index (χ2v) is 6.73. The van der Waals surface area contributed by atoms with E-state index in [4.69, 9.17) is 4.74 Å². The van der Waals surface area contributed by atoms with Crippen LogP contribution in [0.3, 0.4) is 0 Å². The van der Waals surface area contributed by atoms with Crippen LogP contribution in [0.4, 0.5) is 13.6 Å². The number of nitrogens with zero attached hydrogens (tertiary/aromatic N) is 1. The van der Waals surface area contributed by atoms with E-state index in [2.05, 4.69) is 29.4 Å². The summed E-state index contributed by atoms with van der Waals surface area (Å²) in [6.07, 6.45) is 0.0656. The number of morpholine rings is 1. The fourth-order valence-electron chi connectivity index (χ4n) is 2.93. The second kappa shape index (κ2) is 9.68. The lowest BCUT2D eigenvalue weighted by atomic mass is 10.1. The van der Waals surface area contributed by atoms with E-state index in [1.807, 2.05) is 0 Å². The molecule has 5 nitrogen and oxygen atoms in total. The standard InChI is InChI=1S/C18H27F2N3O2/c1-13(2)11-23-8-9-25-14(12-23)10-22-18(24)21-7-6-15-16(19)4-3-5-17(15)20/h3-5,13-14H,6-12H2,1-2H3,(H2,21,22,24). The van der Waals surface area contributed by atoms with Crippen LogP contribution in [0.5, 0.6) is 0 Å². The first-order chi connectivity index (χ1) is 12.0. The van der Waals surface area contributed by atoms with Gasteiger partial charge in [-0.2, -0.15) is 0 Å². The SMILES string of the molecule is CC(C)CN1CCOC(CNC(=O)NCCc2c(F)cccc2F)C1. The molecule has 1 heterocycles. The average Bonchev–Trinajstić information content (AvgIpc) is 2.55. The van der Waals surface area contributed by atoms with Gasteiger partial charge >= 0.3 is 6.03 Å². The zero-order chi connectivity index (χ0) is 18.2. The summed E-state index contributed by atoms with van der Waals surface area (Å²) in [5, 5.41) is 5.37. The first-order valence-corrected chi connectivity index (χ1v) is 8.74. The molecule has 2 amide bonds. The quantitative estimate of drug-likeness (QED) is 0.788. The number of benzene rings is 1. The molecule has 0 radical (unpaired) electrons. The number of urea groups is 1. The molecule has 1 aromatic rings. The summed E-state index contributed by atoms with van der Waals surface area (Å²) in [6.45, 7) is 8.30. The van der Waals surface area contributed by atoms with Gasteiger partial charge in [-0.05, 0) is 24.5 Å². The number of ether oxygens (including phenoxy) is 1. The van der Waals surface area contributed by atoms with Crippen LogP contribution in [0.15, 0.2) is 18.2 Å². The molecule has 0 saturated carbocycles. The number of carbonyl (C=O) groups is 1. The molecule has 1 aliphatic rings. The Kier molecular flexibility index (Phi) is 7.58. The molecule has 2 rings (SSSR count). The molecule has 25 heavy (non-hydrogen) atoms. The van der Waals surface area contributed by atoms with Crippen LogP contribution >= 0.6 is 0 Å². The molecule has 0 aliphatic carbocycles. The summed E-state index contributed by atoms with van der Waals surface area (Å²) in [5.74, 6) is -0.597. The number of rotatable bonds is 7. The van der Waals surface area contributed by atoms with Crippen molar-refractivity contribution in [2.45, 2.75) is 26.4 Å². The molecule has 1 atom stereocenters. The van der Waals surface area contributed by atoms with E-state index >= 15 is 0 Å². The van der Waals surface area contributed by atoms with Gasteiger partial charge in [-0.1, -0.05) is 19.9 Å². The Balaban J connectivity index is 1.67. The predicted octanol–water partition coefficient (Wildman–Crippen LogP) is 2.16. The number of halogens is 2. The molecular weight excluding hydrogens is 328 g/mol. The number of carbonyl (C=O) groups excluding carboxylic acids is 1. The highest BCUT2D eigenvalue weighted by atomic mass is 19.1. The van der Waals surface area contributed by atoms with Gasteiger partial charge in [0.1, 0.15) is 11.6 Å². The van der Waals surface area contributed by atoms with Gasteiger partial charge in [0.15, 0.2) is 0 Å². The Morgan fingerprint density at radius 1 is 1.32 bits per heavy atom. The highest BCUT2D eigenvalue weighted by Crippen LogP contribution is 2.12. The molecule has 1 unspecified atom stereocenters. The Bertz CT molecular complexity index is 549. The lowest BCUT2D eigenvalue weighted by Gasteiger charge is -2.33. The number of hydrogen-bond acceptors (Lipinski definition) is 3. The van der Waals surface area contributed by atoms with Gasteiger partial charge in [0.2, 0.25) is 0 Å². The molecule has 1 fully saturated rings. The molecular formula is C18H27F2N3O2. The zero-order valence-corrected chi connectivity index (χ0v) is 14.9. The Labute approximate surface area is 147 Å². The minimum atomic E-state index is -0.594. The van der Waals surface area contributed by atoms with Gasteiger partial charge in [-0.3, -0.25) is 4.90 Å². The van der Waals surface area contributed by atoms with Crippen molar-refractivity contribution in [1.29, 1.82) is 0 Å². The van der Waals surface area contributed by atoms with Crippen molar-refractivity contribution < 1.29 is 18.3 Å². The van der Waals surface area contributed by atoms with Gasteiger partial charge in [-0.25, -0.2) is 13.6 Å². The van der Waals surface area contributed by atoms with Crippen LogP contribution in [-0.4, -0.2) is 56.4 Å². The maximum Gasteiger partial charge on any atom is 0.314 e. The van der Waals surface area contributed by atoms with Crippen LogP contribution in [-0.2, 0) is 11.2 Å². The van der Waals surface area contributed by atoms with E-state index in [0.717, 1.165) is 19.6 Å². The van der Waals surface area contributed by atoms with E-state index in [-0.39, 0.29) is 30.7 Å². The van der Waals surface area contributed by atoms with Crippen molar-refractivity contribution in [1.82, 2.24) is 15.5 Å². The topological polar surface area (TPSA) is 53.6 Å². The summed E-state index contributed by atoms with van der Waals surface area (Å²) >= 11 is 0. The van der Waals surface area contributed by atoms with E-state index in [1.54, 1.807) is 0 Å². The van der Waals surface area contributed by atoms with Crippen molar-refractivity contribution in [3.05, 3.63) is 35.4 Å². The number of nitrogens with one attached hydrogen (secondary N) is 2. The fourth-order valence-corrected chi connectivity index (χ4v) is 2.93. The van der Waals surface area contributed by atoms with E-state index in [1.165, 1.54) is 18.2 Å². The van der Waals surface area contributed by atoms with Crippen molar-refractivity contribution in [2.75, 3.05) is 39.3 Å². The van der Waals surface area contributed by atoms with Crippen molar-refractivity contribution in [2.24, 2.45) is 5.92 Å². The zero-order valence-electron chi connectivity index (χ0n) is 14.9. The largest absolute Gasteiger partial charge is 0.374 e. The van der Waals surface area contributed by atoms with Gasteiger partial charge in [0.25, 0.3) is 0 Å². The van der Waals surface area contributed by atoms with Crippen LogP contribution in [0.2, 0.25) is 0 Å². The van der Waals surface area contributed by atoms with Crippen LogP contribution < -0.4 is 10.6 Å². The minimum absolute atomic E-state index is 0.0114. The Morgan fingerprint density at radius 2 is 2.04 bits per heavy atom. The fraction of sp³-hybridized carbons (Fsp3) is 0.611. The smallest absolute Gasteiger partial charge is 0.314 e. The molecule has 1 saturated heterocycles. The van der Waals surface area contributed by atoms with Gasteiger partial charge in [0, 0.05) is 38.3 Å². The van der Waals surface area contributed by atoms with Crippen molar-refractivity contribution in [3.8, 4) is 0 Å². The molecule has 1 aliphatic heterocycles. The van der Waals surface area contributed by atoms with Crippen molar-refractivity contribution in [3.63, 3.8) is 0 Å². The molecule has 2 N–H and O–H groups in total. The van der Waals surface area contributed by atoms with Crippen LogP contribution in [0.1, 0.15) is 19.4 Å². The Morgan fingerprint density at radius 3 is 2.72 bits per heavy atom. The summed E-state index contributed by atoms with van der Waals surface area (Å²) < 4.78 is 32.7. The second-order valence-electron chi connectivity index (χ2n) is 6.73. The van der Waals surface area contributed by atoms with Gasteiger partial charge in [-0.15, -0.1) is 0 Å². The van der Waals surface area contributed by atoms with E-state index in [0.29, 0.717) is 19.1 Å². The lowest BCUT2D eigenvalue weighted by Crippen LogP contribution is -2.49. The molecule has 140 valence electrons. The lowest BCUT2D eigenvalue weighted by molar-refractivity contribution is -0.0290. The third kappa shape index (κ3) is 6.59.